The molecule has 0 radical (unpaired) electrons. The number of hydrogen-bond donors (Lipinski definition) is 0. The van der Waals surface area contributed by atoms with E-state index < -0.39 is 0 Å². The minimum atomic E-state index is 0.453. The number of fused-ring (bicyclic) bond motifs is 1. The summed E-state index contributed by atoms with van der Waals surface area (Å²) in [4.78, 5) is 7.29. The highest BCUT2D eigenvalue weighted by atomic mass is 16.5. The van der Waals surface area contributed by atoms with Gasteiger partial charge in [-0.05, 0) is 43.3 Å². The molecular weight excluding hydrogens is 326 g/mol. The standard InChI is InChI=1S/C21H25N3O2/c1-23-19-7-5-4-6-18(19)22-21(23)14-24-11-10-15(13-24)17-12-16(25-2)8-9-20(17)26-3/h4-9,12,15H,10-11,13-14H2,1-3H3. The van der Waals surface area contributed by atoms with E-state index in [9.17, 15) is 0 Å². The molecule has 5 nitrogen and oxygen atoms in total. The third-order valence-corrected chi connectivity index (χ3v) is 5.39. The van der Waals surface area contributed by atoms with E-state index in [1.165, 1.54) is 11.1 Å². The lowest BCUT2D eigenvalue weighted by Gasteiger charge is -2.18. The lowest BCUT2D eigenvalue weighted by atomic mass is 9.97. The second-order valence-electron chi connectivity index (χ2n) is 6.90. The predicted octanol–water partition coefficient (Wildman–Crippen LogP) is 3.58. The van der Waals surface area contributed by atoms with E-state index >= 15 is 0 Å². The molecule has 3 aromatic rings. The van der Waals surface area contributed by atoms with Crippen LogP contribution in [0.2, 0.25) is 0 Å². The Balaban J connectivity index is 1.53. The maximum Gasteiger partial charge on any atom is 0.123 e. The Morgan fingerprint density at radius 3 is 2.73 bits per heavy atom. The monoisotopic (exact) mass is 351 g/mol. The Kier molecular flexibility index (Phi) is 4.55. The first-order chi connectivity index (χ1) is 12.7. The van der Waals surface area contributed by atoms with Gasteiger partial charge in [-0.15, -0.1) is 0 Å². The Labute approximate surface area is 154 Å². The van der Waals surface area contributed by atoms with Crippen LogP contribution in [0.25, 0.3) is 11.0 Å². The maximum absolute atomic E-state index is 5.58. The molecule has 0 bridgehead atoms. The minimum absolute atomic E-state index is 0.453. The number of hydrogen-bond acceptors (Lipinski definition) is 4. The lowest BCUT2D eigenvalue weighted by molar-refractivity contribution is 0.314. The number of nitrogens with zero attached hydrogens (tertiary/aromatic N) is 3. The second-order valence-corrected chi connectivity index (χ2v) is 6.90. The van der Waals surface area contributed by atoms with Crippen LogP contribution in [0.15, 0.2) is 42.5 Å². The molecule has 0 spiro atoms. The Hall–Kier alpha value is -2.53. The number of imidazole rings is 1. The molecule has 1 aromatic heterocycles. The summed E-state index contributed by atoms with van der Waals surface area (Å²) >= 11 is 0. The van der Waals surface area contributed by atoms with Crippen molar-refractivity contribution >= 4 is 11.0 Å². The molecule has 0 aliphatic carbocycles. The number of likely N-dealkylation sites (tertiary alicyclic amines) is 1. The molecule has 1 unspecified atom stereocenters. The SMILES string of the molecule is COc1ccc(OC)c(C2CCN(Cc3nc4ccccc4n3C)C2)c1. The van der Waals surface area contributed by atoms with Gasteiger partial charge in [-0.1, -0.05) is 12.1 Å². The van der Waals surface area contributed by atoms with Gasteiger partial charge in [0.15, 0.2) is 0 Å². The van der Waals surface area contributed by atoms with Crippen molar-refractivity contribution in [3.8, 4) is 11.5 Å². The van der Waals surface area contributed by atoms with Crippen molar-refractivity contribution in [3.63, 3.8) is 0 Å². The van der Waals surface area contributed by atoms with Gasteiger partial charge in [0.05, 0.1) is 31.8 Å². The molecule has 2 aromatic carbocycles. The van der Waals surface area contributed by atoms with Crippen molar-refractivity contribution in [1.82, 2.24) is 14.5 Å². The fourth-order valence-corrected chi connectivity index (χ4v) is 3.93. The molecular formula is C21H25N3O2. The first-order valence-electron chi connectivity index (χ1n) is 9.04. The molecule has 1 aliphatic heterocycles. The van der Waals surface area contributed by atoms with Crippen molar-refractivity contribution < 1.29 is 9.47 Å². The molecule has 1 atom stereocenters. The molecule has 136 valence electrons. The zero-order chi connectivity index (χ0) is 18.1. The van der Waals surface area contributed by atoms with Gasteiger partial charge in [0.25, 0.3) is 0 Å². The fourth-order valence-electron chi connectivity index (χ4n) is 3.93. The fraction of sp³-hybridized carbons (Fsp3) is 0.381. The summed E-state index contributed by atoms with van der Waals surface area (Å²) in [5.41, 5.74) is 3.49. The normalized spacial score (nSPS) is 17.7. The summed E-state index contributed by atoms with van der Waals surface area (Å²) in [6.07, 6.45) is 1.12. The second kappa shape index (κ2) is 7.00. The number of rotatable bonds is 5. The molecule has 2 heterocycles. The Bertz CT molecular complexity index is 919. The van der Waals surface area contributed by atoms with Crippen molar-refractivity contribution in [2.75, 3.05) is 27.3 Å². The average molecular weight is 351 g/mol. The summed E-state index contributed by atoms with van der Waals surface area (Å²) in [5.74, 6) is 3.40. The van der Waals surface area contributed by atoms with Crippen molar-refractivity contribution in [2.24, 2.45) is 7.05 Å². The zero-order valence-corrected chi connectivity index (χ0v) is 15.6. The van der Waals surface area contributed by atoms with Gasteiger partial charge in [0.2, 0.25) is 0 Å². The summed E-state index contributed by atoms with van der Waals surface area (Å²) < 4.78 is 13.2. The topological polar surface area (TPSA) is 39.5 Å². The van der Waals surface area contributed by atoms with Crippen LogP contribution < -0.4 is 9.47 Å². The molecule has 0 saturated carbocycles. The van der Waals surface area contributed by atoms with E-state index in [0.29, 0.717) is 5.92 Å². The first kappa shape index (κ1) is 16.9. The Morgan fingerprint density at radius 1 is 1.12 bits per heavy atom. The van der Waals surface area contributed by atoms with Crippen molar-refractivity contribution in [2.45, 2.75) is 18.9 Å². The van der Waals surface area contributed by atoms with Gasteiger partial charge >= 0.3 is 0 Å². The molecule has 5 heteroatoms. The van der Waals surface area contributed by atoms with E-state index in [1.54, 1.807) is 14.2 Å². The van der Waals surface area contributed by atoms with Gasteiger partial charge in [-0.25, -0.2) is 4.98 Å². The summed E-state index contributed by atoms with van der Waals surface area (Å²) in [5, 5.41) is 0. The van der Waals surface area contributed by atoms with Gasteiger partial charge in [-0.2, -0.15) is 0 Å². The number of para-hydroxylation sites is 2. The predicted molar refractivity (Wildman–Crippen MR) is 103 cm³/mol. The smallest absolute Gasteiger partial charge is 0.123 e. The average Bonchev–Trinajstić information content (AvgIpc) is 3.27. The van der Waals surface area contributed by atoms with Crippen molar-refractivity contribution in [1.29, 1.82) is 0 Å². The molecule has 26 heavy (non-hydrogen) atoms. The van der Waals surface area contributed by atoms with Crippen LogP contribution in [0.4, 0.5) is 0 Å². The van der Waals surface area contributed by atoms with E-state index in [0.717, 1.165) is 48.9 Å². The third kappa shape index (κ3) is 3.03. The van der Waals surface area contributed by atoms with E-state index in [2.05, 4.69) is 40.8 Å². The van der Waals surface area contributed by atoms with Crippen LogP contribution in [-0.4, -0.2) is 41.8 Å². The largest absolute Gasteiger partial charge is 0.497 e. The zero-order valence-electron chi connectivity index (χ0n) is 15.6. The molecule has 0 amide bonds. The quantitative estimate of drug-likeness (QED) is 0.704. The van der Waals surface area contributed by atoms with Crippen LogP contribution >= 0.6 is 0 Å². The molecule has 1 fully saturated rings. The number of aryl methyl sites for hydroxylation is 1. The summed E-state index contributed by atoms with van der Waals surface area (Å²) in [6, 6.07) is 14.4. The number of aromatic nitrogens is 2. The first-order valence-corrected chi connectivity index (χ1v) is 9.04. The highest BCUT2D eigenvalue weighted by Gasteiger charge is 2.27. The van der Waals surface area contributed by atoms with Gasteiger partial charge in [0, 0.05) is 25.1 Å². The molecule has 1 aliphatic rings. The number of ether oxygens (including phenoxy) is 2. The van der Waals surface area contributed by atoms with E-state index in [4.69, 9.17) is 14.5 Å². The molecule has 1 saturated heterocycles. The van der Waals surface area contributed by atoms with E-state index in [1.807, 2.05) is 18.2 Å². The van der Waals surface area contributed by atoms with Crippen LogP contribution in [0, 0.1) is 0 Å². The molecule has 4 rings (SSSR count). The maximum atomic E-state index is 5.58. The highest BCUT2D eigenvalue weighted by molar-refractivity contribution is 5.75. The van der Waals surface area contributed by atoms with Crippen LogP contribution in [-0.2, 0) is 13.6 Å². The van der Waals surface area contributed by atoms with Gasteiger partial charge in [0.1, 0.15) is 17.3 Å². The van der Waals surface area contributed by atoms with Crippen LogP contribution in [0.3, 0.4) is 0 Å². The van der Waals surface area contributed by atoms with Crippen LogP contribution in [0.1, 0.15) is 23.7 Å². The number of benzene rings is 2. The van der Waals surface area contributed by atoms with Crippen molar-refractivity contribution in [3.05, 3.63) is 53.9 Å². The van der Waals surface area contributed by atoms with Gasteiger partial charge in [-0.3, -0.25) is 4.90 Å². The highest BCUT2D eigenvalue weighted by Crippen LogP contribution is 2.36. The van der Waals surface area contributed by atoms with Crippen LogP contribution in [0.5, 0.6) is 11.5 Å². The number of methoxy groups -OCH3 is 2. The Morgan fingerprint density at radius 2 is 1.96 bits per heavy atom. The summed E-state index contributed by atoms with van der Waals surface area (Å²) in [7, 11) is 5.54. The van der Waals surface area contributed by atoms with E-state index in [-0.39, 0.29) is 0 Å². The lowest BCUT2D eigenvalue weighted by Crippen LogP contribution is -2.22. The minimum Gasteiger partial charge on any atom is -0.497 e. The van der Waals surface area contributed by atoms with Gasteiger partial charge < -0.3 is 14.0 Å². The summed E-state index contributed by atoms with van der Waals surface area (Å²) in [6.45, 7) is 2.94. The molecule has 0 N–H and O–H groups in total. The third-order valence-electron chi connectivity index (χ3n) is 5.39.